The molecular weight excluding hydrogens is 290 g/mol. The minimum atomic E-state index is 0.251. The zero-order chi connectivity index (χ0) is 16.8. The van der Waals surface area contributed by atoms with Crippen molar-refractivity contribution in [3.63, 3.8) is 0 Å². The second kappa shape index (κ2) is 7.76. The number of aryl methyl sites for hydroxylation is 1. The summed E-state index contributed by atoms with van der Waals surface area (Å²) in [4.78, 5) is 15.2. The fourth-order valence-corrected chi connectivity index (χ4v) is 1.95. The van der Waals surface area contributed by atoms with Crippen LogP contribution in [0.2, 0.25) is 0 Å². The zero-order valence-corrected chi connectivity index (χ0v) is 14.5. The van der Waals surface area contributed by atoms with Gasteiger partial charge >= 0.3 is 0 Å². The molecule has 0 aliphatic heterocycles. The van der Waals surface area contributed by atoms with Gasteiger partial charge in [-0.15, -0.1) is 0 Å². The third-order valence-electron chi connectivity index (χ3n) is 3.20. The molecule has 0 aliphatic carbocycles. The Morgan fingerprint density at radius 3 is 2.61 bits per heavy atom. The predicted octanol–water partition coefficient (Wildman–Crippen LogP) is 2.86. The average Bonchev–Trinajstić information content (AvgIpc) is 2.51. The Labute approximate surface area is 137 Å². The van der Waals surface area contributed by atoms with E-state index in [2.05, 4.69) is 34.1 Å². The first-order chi connectivity index (χ1) is 11.0. The molecule has 0 atom stereocenters. The van der Waals surface area contributed by atoms with Crippen molar-refractivity contribution in [3.05, 3.63) is 35.7 Å². The van der Waals surface area contributed by atoms with E-state index in [1.54, 1.807) is 0 Å². The molecule has 0 amide bonds. The van der Waals surface area contributed by atoms with Crippen molar-refractivity contribution in [2.75, 3.05) is 37.5 Å². The standard InChI is InChI=1S/C17H25N5O/c1-12(2)15-19-16(21-17(20-15)22(4)5)18-9-10-23-14-8-6-7-13(3)11-14/h6-8,11-12H,9-10H2,1-5H3,(H,18,19,20,21). The van der Waals surface area contributed by atoms with Crippen LogP contribution in [0.15, 0.2) is 24.3 Å². The molecule has 0 saturated carbocycles. The highest BCUT2D eigenvalue weighted by molar-refractivity contribution is 5.36. The zero-order valence-electron chi connectivity index (χ0n) is 14.5. The van der Waals surface area contributed by atoms with Crippen LogP contribution in [0.25, 0.3) is 0 Å². The van der Waals surface area contributed by atoms with E-state index < -0.39 is 0 Å². The molecule has 6 nitrogen and oxygen atoms in total. The van der Waals surface area contributed by atoms with Crippen molar-refractivity contribution in [3.8, 4) is 5.75 Å². The van der Waals surface area contributed by atoms with E-state index in [1.165, 1.54) is 5.56 Å². The smallest absolute Gasteiger partial charge is 0.229 e. The number of nitrogens with one attached hydrogen (secondary N) is 1. The summed E-state index contributed by atoms with van der Waals surface area (Å²) in [5.41, 5.74) is 1.19. The van der Waals surface area contributed by atoms with Crippen molar-refractivity contribution >= 4 is 11.9 Å². The summed E-state index contributed by atoms with van der Waals surface area (Å²) >= 11 is 0. The second-order valence-electron chi connectivity index (χ2n) is 5.96. The molecule has 2 aromatic rings. The van der Waals surface area contributed by atoms with Crippen LogP contribution in [0.3, 0.4) is 0 Å². The Balaban J connectivity index is 1.94. The summed E-state index contributed by atoms with van der Waals surface area (Å²) in [6.07, 6.45) is 0. The van der Waals surface area contributed by atoms with Crippen molar-refractivity contribution < 1.29 is 4.74 Å². The number of aromatic nitrogens is 3. The molecule has 2 rings (SSSR count). The topological polar surface area (TPSA) is 63.2 Å². The molecule has 0 radical (unpaired) electrons. The summed E-state index contributed by atoms with van der Waals surface area (Å²) in [6, 6.07) is 8.01. The summed E-state index contributed by atoms with van der Waals surface area (Å²) < 4.78 is 5.72. The first-order valence-electron chi connectivity index (χ1n) is 7.82. The summed E-state index contributed by atoms with van der Waals surface area (Å²) in [5, 5.41) is 3.21. The molecule has 1 N–H and O–H groups in total. The van der Waals surface area contributed by atoms with Crippen LogP contribution in [0, 0.1) is 6.92 Å². The molecule has 0 saturated heterocycles. The van der Waals surface area contributed by atoms with Crippen LogP contribution in [-0.4, -0.2) is 42.2 Å². The molecule has 0 unspecified atom stereocenters. The second-order valence-corrected chi connectivity index (χ2v) is 5.96. The van der Waals surface area contributed by atoms with Crippen molar-refractivity contribution in [2.24, 2.45) is 0 Å². The molecular formula is C17H25N5O. The van der Waals surface area contributed by atoms with Crippen LogP contribution < -0.4 is 15.0 Å². The average molecular weight is 315 g/mol. The molecule has 0 fully saturated rings. The summed E-state index contributed by atoms with van der Waals surface area (Å²) in [6.45, 7) is 7.36. The van der Waals surface area contributed by atoms with Gasteiger partial charge < -0.3 is 15.0 Å². The lowest BCUT2D eigenvalue weighted by Gasteiger charge is -2.15. The quantitative estimate of drug-likeness (QED) is 0.793. The fraction of sp³-hybridized carbons (Fsp3) is 0.471. The SMILES string of the molecule is Cc1cccc(OCCNc2nc(C(C)C)nc(N(C)C)n2)c1. The van der Waals surface area contributed by atoms with Crippen molar-refractivity contribution in [2.45, 2.75) is 26.7 Å². The Morgan fingerprint density at radius 1 is 1.17 bits per heavy atom. The third-order valence-corrected chi connectivity index (χ3v) is 3.20. The minimum Gasteiger partial charge on any atom is -0.492 e. The van der Waals surface area contributed by atoms with Gasteiger partial charge in [0.15, 0.2) is 0 Å². The van der Waals surface area contributed by atoms with Crippen LogP contribution in [-0.2, 0) is 0 Å². The third kappa shape index (κ3) is 5.09. The van der Waals surface area contributed by atoms with E-state index >= 15 is 0 Å². The molecule has 1 aromatic carbocycles. The largest absolute Gasteiger partial charge is 0.492 e. The van der Waals surface area contributed by atoms with Gasteiger partial charge in [0.1, 0.15) is 18.2 Å². The van der Waals surface area contributed by atoms with Gasteiger partial charge in [0.25, 0.3) is 0 Å². The van der Waals surface area contributed by atoms with E-state index in [-0.39, 0.29) is 5.92 Å². The monoisotopic (exact) mass is 315 g/mol. The lowest BCUT2D eigenvalue weighted by molar-refractivity contribution is 0.332. The van der Waals surface area contributed by atoms with E-state index in [1.807, 2.05) is 50.2 Å². The fourth-order valence-electron chi connectivity index (χ4n) is 1.95. The number of hydrogen-bond acceptors (Lipinski definition) is 6. The maximum Gasteiger partial charge on any atom is 0.229 e. The normalized spacial score (nSPS) is 10.7. The minimum absolute atomic E-state index is 0.251. The first-order valence-corrected chi connectivity index (χ1v) is 7.82. The van der Waals surface area contributed by atoms with E-state index in [4.69, 9.17) is 4.74 Å². The lowest BCUT2D eigenvalue weighted by Crippen LogP contribution is -2.19. The highest BCUT2D eigenvalue weighted by Crippen LogP contribution is 2.15. The maximum absolute atomic E-state index is 5.72. The van der Waals surface area contributed by atoms with Crippen LogP contribution in [0.5, 0.6) is 5.75 Å². The Bertz CT molecular complexity index is 616. The Morgan fingerprint density at radius 2 is 1.96 bits per heavy atom. The molecule has 0 aliphatic rings. The Kier molecular flexibility index (Phi) is 5.73. The molecule has 1 aromatic heterocycles. The number of nitrogens with zero attached hydrogens (tertiary/aromatic N) is 4. The molecule has 124 valence electrons. The predicted molar refractivity (Wildman–Crippen MR) is 93.4 cm³/mol. The van der Waals surface area contributed by atoms with Crippen LogP contribution in [0.4, 0.5) is 11.9 Å². The number of rotatable bonds is 7. The molecule has 6 heteroatoms. The summed E-state index contributed by atoms with van der Waals surface area (Å²) in [7, 11) is 3.84. The highest BCUT2D eigenvalue weighted by atomic mass is 16.5. The molecule has 23 heavy (non-hydrogen) atoms. The van der Waals surface area contributed by atoms with Crippen LogP contribution >= 0.6 is 0 Å². The molecule has 0 spiro atoms. The lowest BCUT2D eigenvalue weighted by atomic mass is 10.2. The number of ether oxygens (including phenoxy) is 1. The molecule has 0 bridgehead atoms. The van der Waals surface area contributed by atoms with Gasteiger partial charge in [-0.1, -0.05) is 26.0 Å². The van der Waals surface area contributed by atoms with E-state index in [0.29, 0.717) is 25.0 Å². The van der Waals surface area contributed by atoms with Gasteiger partial charge in [-0.05, 0) is 24.6 Å². The van der Waals surface area contributed by atoms with E-state index in [9.17, 15) is 0 Å². The van der Waals surface area contributed by atoms with Gasteiger partial charge in [0.05, 0.1) is 6.54 Å². The van der Waals surface area contributed by atoms with Crippen LogP contribution in [0.1, 0.15) is 31.2 Å². The van der Waals surface area contributed by atoms with Crippen molar-refractivity contribution in [1.82, 2.24) is 15.0 Å². The first kappa shape index (κ1) is 17.0. The van der Waals surface area contributed by atoms with Crippen molar-refractivity contribution in [1.29, 1.82) is 0 Å². The highest BCUT2D eigenvalue weighted by Gasteiger charge is 2.10. The maximum atomic E-state index is 5.72. The number of hydrogen-bond donors (Lipinski definition) is 1. The number of benzene rings is 1. The number of anilines is 2. The van der Waals surface area contributed by atoms with Gasteiger partial charge in [0.2, 0.25) is 11.9 Å². The Hall–Kier alpha value is -2.37. The van der Waals surface area contributed by atoms with Gasteiger partial charge in [-0.2, -0.15) is 15.0 Å². The molecule has 1 heterocycles. The summed E-state index contributed by atoms with van der Waals surface area (Å²) in [5.74, 6) is 3.15. The van der Waals surface area contributed by atoms with Gasteiger partial charge in [0, 0.05) is 20.0 Å². The van der Waals surface area contributed by atoms with E-state index in [0.717, 1.165) is 11.6 Å². The van der Waals surface area contributed by atoms with Gasteiger partial charge in [-0.25, -0.2) is 0 Å². The van der Waals surface area contributed by atoms with Gasteiger partial charge in [-0.3, -0.25) is 0 Å².